The van der Waals surface area contributed by atoms with E-state index in [-0.39, 0.29) is 41.9 Å². The number of aromatic nitrogens is 3. The molecule has 0 aliphatic carbocycles. The summed E-state index contributed by atoms with van der Waals surface area (Å²) in [7, 11) is 1.86. The summed E-state index contributed by atoms with van der Waals surface area (Å²) in [5.74, 6) is 0.365. The molecule has 2 aliphatic rings. The standard InChI is InChI=1S/C30H35F3N6O3/c1-18(11-26-36-34-17-37(26)5)19-7-6-8-22(12-19)39-16-24-23(27(39)40)13-21(14-25(24)30(31,32)33)35-20-9-10-38(15-20)28(41)42-29(2,3)4/h6-8,12-14,17-18,20,35H,9-11,15-16H2,1-5H3/t18-,20+/m1/s1. The number of nitrogens with one attached hydrogen (secondary N) is 1. The van der Waals surface area contributed by atoms with Crippen LogP contribution < -0.4 is 10.2 Å². The van der Waals surface area contributed by atoms with E-state index in [1.807, 2.05) is 36.7 Å². The van der Waals surface area contributed by atoms with E-state index in [2.05, 4.69) is 15.5 Å². The van der Waals surface area contributed by atoms with Gasteiger partial charge < -0.3 is 24.4 Å². The van der Waals surface area contributed by atoms with Crippen molar-refractivity contribution in [1.29, 1.82) is 0 Å². The third-order valence-corrected chi connectivity index (χ3v) is 7.60. The van der Waals surface area contributed by atoms with Gasteiger partial charge in [0.15, 0.2) is 0 Å². The van der Waals surface area contributed by atoms with Crippen LogP contribution in [0.4, 0.5) is 29.3 Å². The lowest BCUT2D eigenvalue weighted by Gasteiger charge is -2.24. The first kappa shape index (κ1) is 29.4. The highest BCUT2D eigenvalue weighted by Gasteiger charge is 2.41. The molecule has 9 nitrogen and oxygen atoms in total. The van der Waals surface area contributed by atoms with Crippen LogP contribution in [-0.4, -0.2) is 56.4 Å². The van der Waals surface area contributed by atoms with Crippen LogP contribution in [-0.2, 0) is 30.9 Å². The highest BCUT2D eigenvalue weighted by atomic mass is 19.4. The van der Waals surface area contributed by atoms with Crippen molar-refractivity contribution >= 4 is 23.4 Å². The molecule has 0 spiro atoms. The van der Waals surface area contributed by atoms with Crippen molar-refractivity contribution in [3.63, 3.8) is 0 Å². The average molecular weight is 585 g/mol. The number of ether oxygens (including phenoxy) is 1. The zero-order chi connectivity index (χ0) is 30.4. The molecule has 1 fully saturated rings. The molecule has 2 aromatic carbocycles. The molecule has 1 N–H and O–H groups in total. The minimum Gasteiger partial charge on any atom is -0.444 e. The van der Waals surface area contributed by atoms with Gasteiger partial charge in [0.25, 0.3) is 5.91 Å². The molecular formula is C30H35F3N6O3. The van der Waals surface area contributed by atoms with Crippen LogP contribution in [0.15, 0.2) is 42.7 Å². The van der Waals surface area contributed by atoms with E-state index >= 15 is 0 Å². The van der Waals surface area contributed by atoms with Crippen molar-refractivity contribution in [2.45, 2.75) is 70.8 Å². The fraction of sp³-hybridized carbons (Fsp3) is 0.467. The van der Waals surface area contributed by atoms with Gasteiger partial charge in [-0.15, -0.1) is 10.2 Å². The van der Waals surface area contributed by atoms with Gasteiger partial charge in [-0.05, 0) is 68.5 Å². The maximum absolute atomic E-state index is 14.3. The van der Waals surface area contributed by atoms with Crippen molar-refractivity contribution in [3.05, 3.63) is 70.8 Å². The lowest BCUT2D eigenvalue weighted by molar-refractivity contribution is -0.138. The predicted octanol–water partition coefficient (Wildman–Crippen LogP) is 5.76. The Morgan fingerprint density at radius 1 is 1.19 bits per heavy atom. The SMILES string of the molecule is C[C@H](Cc1nncn1C)c1cccc(N2Cc3c(cc(N[C@H]4CCN(C(=O)OC(C)(C)C)C4)cc3C(F)(F)F)C2=O)c1. The third-order valence-electron chi connectivity index (χ3n) is 7.60. The second kappa shape index (κ2) is 11.0. The fourth-order valence-corrected chi connectivity index (χ4v) is 5.44. The van der Waals surface area contributed by atoms with Crippen LogP contribution in [0.3, 0.4) is 0 Å². The summed E-state index contributed by atoms with van der Waals surface area (Å²) in [5.41, 5.74) is 0.151. The molecule has 2 atom stereocenters. The number of aryl methyl sites for hydroxylation is 1. The van der Waals surface area contributed by atoms with Gasteiger partial charge in [0.2, 0.25) is 0 Å². The van der Waals surface area contributed by atoms with Crippen LogP contribution >= 0.6 is 0 Å². The number of alkyl halides is 3. The lowest BCUT2D eigenvalue weighted by atomic mass is 9.97. The smallest absolute Gasteiger partial charge is 0.416 e. The minimum absolute atomic E-state index is 0.0202. The summed E-state index contributed by atoms with van der Waals surface area (Å²) in [6, 6.07) is 9.59. The number of carbonyl (C=O) groups excluding carboxylic acids is 2. The Kier molecular flexibility index (Phi) is 7.67. The molecule has 3 heterocycles. The quantitative estimate of drug-likeness (QED) is 0.396. The van der Waals surface area contributed by atoms with Crippen molar-refractivity contribution in [2.24, 2.45) is 7.05 Å². The summed E-state index contributed by atoms with van der Waals surface area (Å²) >= 11 is 0. The number of nitrogens with zero attached hydrogens (tertiary/aromatic N) is 5. The van der Waals surface area contributed by atoms with Gasteiger partial charge in [0, 0.05) is 49.5 Å². The first-order valence-electron chi connectivity index (χ1n) is 13.9. The van der Waals surface area contributed by atoms with E-state index < -0.39 is 29.3 Å². The molecule has 0 saturated carbocycles. The van der Waals surface area contributed by atoms with E-state index in [0.717, 1.165) is 17.5 Å². The molecule has 224 valence electrons. The Hall–Kier alpha value is -4.09. The number of halogens is 3. The zero-order valence-corrected chi connectivity index (χ0v) is 24.3. The van der Waals surface area contributed by atoms with Crippen molar-refractivity contribution in [1.82, 2.24) is 19.7 Å². The van der Waals surface area contributed by atoms with Crippen LogP contribution in [0.5, 0.6) is 0 Å². The van der Waals surface area contributed by atoms with E-state index in [0.29, 0.717) is 25.1 Å². The Labute approximate surface area is 242 Å². The predicted molar refractivity (Wildman–Crippen MR) is 151 cm³/mol. The van der Waals surface area contributed by atoms with Gasteiger partial charge in [-0.2, -0.15) is 13.2 Å². The van der Waals surface area contributed by atoms with Crippen molar-refractivity contribution in [2.75, 3.05) is 23.3 Å². The van der Waals surface area contributed by atoms with E-state index in [4.69, 9.17) is 4.74 Å². The maximum Gasteiger partial charge on any atom is 0.416 e. The summed E-state index contributed by atoms with van der Waals surface area (Å²) < 4.78 is 50.0. The Bertz CT molecular complexity index is 1500. The Morgan fingerprint density at radius 3 is 2.62 bits per heavy atom. The van der Waals surface area contributed by atoms with E-state index in [9.17, 15) is 22.8 Å². The number of hydrogen-bond acceptors (Lipinski definition) is 6. The molecule has 1 aromatic heterocycles. The van der Waals surface area contributed by atoms with Gasteiger partial charge in [-0.3, -0.25) is 4.79 Å². The first-order valence-corrected chi connectivity index (χ1v) is 13.9. The molecule has 0 bridgehead atoms. The van der Waals surface area contributed by atoms with Gasteiger partial charge in [-0.25, -0.2) is 4.79 Å². The lowest BCUT2D eigenvalue weighted by Crippen LogP contribution is -2.36. The maximum atomic E-state index is 14.3. The van der Waals surface area contributed by atoms with Crippen LogP contribution in [0.2, 0.25) is 0 Å². The molecule has 42 heavy (non-hydrogen) atoms. The number of anilines is 2. The highest BCUT2D eigenvalue weighted by molar-refractivity contribution is 6.11. The van der Waals surface area contributed by atoms with Gasteiger partial charge in [-0.1, -0.05) is 19.1 Å². The summed E-state index contributed by atoms with van der Waals surface area (Å²) in [6.45, 7) is 7.88. The van der Waals surface area contributed by atoms with Crippen LogP contribution in [0, 0.1) is 0 Å². The summed E-state index contributed by atoms with van der Waals surface area (Å²) in [5, 5.41) is 11.2. The number of carbonyl (C=O) groups is 2. The zero-order valence-electron chi connectivity index (χ0n) is 24.3. The Balaban J connectivity index is 1.36. The molecule has 2 aliphatic heterocycles. The van der Waals surface area contributed by atoms with E-state index in [1.165, 1.54) is 15.9 Å². The van der Waals surface area contributed by atoms with Crippen molar-refractivity contribution in [3.8, 4) is 0 Å². The number of benzene rings is 2. The summed E-state index contributed by atoms with van der Waals surface area (Å²) in [6.07, 6.45) is -2.33. The number of amides is 2. The molecule has 5 rings (SSSR count). The first-order chi connectivity index (χ1) is 19.7. The number of fused-ring (bicyclic) bond motifs is 1. The molecule has 2 amide bonds. The third kappa shape index (κ3) is 6.22. The fourth-order valence-electron chi connectivity index (χ4n) is 5.44. The Morgan fingerprint density at radius 2 is 1.95 bits per heavy atom. The normalized spacial score (nSPS) is 17.9. The number of rotatable bonds is 6. The summed E-state index contributed by atoms with van der Waals surface area (Å²) in [4.78, 5) is 28.9. The minimum atomic E-state index is -4.65. The molecular weight excluding hydrogens is 549 g/mol. The van der Waals surface area contributed by atoms with Gasteiger partial charge in [0.05, 0.1) is 12.1 Å². The van der Waals surface area contributed by atoms with Crippen molar-refractivity contribution < 1.29 is 27.5 Å². The molecule has 0 unspecified atom stereocenters. The average Bonchev–Trinajstić information content (AvgIpc) is 3.62. The van der Waals surface area contributed by atoms with E-state index in [1.54, 1.807) is 33.2 Å². The molecule has 3 aromatic rings. The molecule has 12 heteroatoms. The second-order valence-electron chi connectivity index (χ2n) is 12.1. The topological polar surface area (TPSA) is 92.6 Å². The highest BCUT2D eigenvalue weighted by Crippen LogP contribution is 2.41. The monoisotopic (exact) mass is 584 g/mol. The molecule has 1 saturated heterocycles. The van der Waals surface area contributed by atoms with Gasteiger partial charge >= 0.3 is 12.3 Å². The number of hydrogen-bond donors (Lipinski definition) is 1. The van der Waals surface area contributed by atoms with Crippen LogP contribution in [0.25, 0.3) is 0 Å². The van der Waals surface area contributed by atoms with Gasteiger partial charge in [0.1, 0.15) is 17.8 Å². The largest absolute Gasteiger partial charge is 0.444 e. The number of likely N-dealkylation sites (tertiary alicyclic amines) is 1. The van der Waals surface area contributed by atoms with Crippen LogP contribution in [0.1, 0.15) is 72.9 Å². The second-order valence-corrected chi connectivity index (χ2v) is 12.1. The molecule has 0 radical (unpaired) electrons.